The zero-order valence-corrected chi connectivity index (χ0v) is 19.9. The molecular weight excluding hydrogens is 434 g/mol. The van der Waals surface area contributed by atoms with E-state index in [-0.39, 0.29) is 16.8 Å². The molecule has 0 aliphatic heterocycles. The molecule has 174 valence electrons. The number of carbonyl (C=O) groups is 1. The van der Waals surface area contributed by atoms with Gasteiger partial charge in [0.1, 0.15) is 0 Å². The first-order valence-electron chi connectivity index (χ1n) is 11.2. The summed E-state index contributed by atoms with van der Waals surface area (Å²) in [6, 6.07) is 25.1. The zero-order valence-electron chi connectivity index (χ0n) is 19.1. The smallest absolute Gasteiger partial charge is 0.261 e. The van der Waals surface area contributed by atoms with Crippen molar-refractivity contribution in [2.75, 3.05) is 24.4 Å². The number of amides is 1. The van der Waals surface area contributed by atoms with Gasteiger partial charge >= 0.3 is 0 Å². The molecule has 3 rings (SSSR count). The Balaban J connectivity index is 1.63. The lowest BCUT2D eigenvalue weighted by Gasteiger charge is -2.30. The molecule has 0 spiro atoms. The van der Waals surface area contributed by atoms with Gasteiger partial charge in [0.25, 0.3) is 15.9 Å². The van der Waals surface area contributed by atoms with Crippen LogP contribution in [0.3, 0.4) is 0 Å². The summed E-state index contributed by atoms with van der Waals surface area (Å²) in [5.74, 6) is -0.183. The van der Waals surface area contributed by atoms with E-state index < -0.39 is 10.0 Å². The van der Waals surface area contributed by atoms with E-state index in [9.17, 15) is 13.2 Å². The minimum absolute atomic E-state index is 0.183. The Labute approximate surface area is 196 Å². The van der Waals surface area contributed by atoms with Crippen LogP contribution in [0.25, 0.3) is 0 Å². The summed E-state index contributed by atoms with van der Waals surface area (Å²) in [6.45, 7) is 6.58. The third-order valence-electron chi connectivity index (χ3n) is 5.59. The number of hydrogen-bond donors (Lipinski definition) is 2. The molecular formula is C26H31N3O3S. The topological polar surface area (TPSA) is 78.5 Å². The Hall–Kier alpha value is -3.16. The van der Waals surface area contributed by atoms with Gasteiger partial charge in [0.15, 0.2) is 0 Å². The monoisotopic (exact) mass is 465 g/mol. The van der Waals surface area contributed by atoms with Gasteiger partial charge in [-0.1, -0.05) is 62.4 Å². The second-order valence-electron chi connectivity index (χ2n) is 7.77. The van der Waals surface area contributed by atoms with Gasteiger partial charge in [-0.05, 0) is 61.5 Å². The Morgan fingerprint density at radius 3 is 2.00 bits per heavy atom. The second kappa shape index (κ2) is 11.6. The zero-order chi connectivity index (χ0) is 23.7. The molecule has 1 atom stereocenters. The van der Waals surface area contributed by atoms with Crippen LogP contribution in [0.5, 0.6) is 0 Å². The number of likely N-dealkylation sites (N-methyl/N-ethyl adjacent to an activating group) is 1. The van der Waals surface area contributed by atoms with Crippen molar-refractivity contribution in [1.29, 1.82) is 0 Å². The van der Waals surface area contributed by atoms with E-state index in [2.05, 4.69) is 40.9 Å². The fraction of sp³-hybridized carbons (Fsp3) is 0.269. The van der Waals surface area contributed by atoms with Crippen molar-refractivity contribution < 1.29 is 13.2 Å². The molecule has 1 amide bonds. The summed E-state index contributed by atoms with van der Waals surface area (Å²) in [4.78, 5) is 15.3. The highest BCUT2D eigenvalue weighted by molar-refractivity contribution is 7.92. The fourth-order valence-corrected chi connectivity index (χ4v) is 4.85. The lowest BCUT2D eigenvalue weighted by atomic mass is 10.0. The summed E-state index contributed by atoms with van der Waals surface area (Å²) >= 11 is 0. The van der Waals surface area contributed by atoms with Crippen LogP contribution in [0, 0.1) is 0 Å². The quantitative estimate of drug-likeness (QED) is 0.446. The SMILES string of the molecule is CCN(CC)C(CNC(=O)c1ccc(NS(=O)(=O)c2ccccc2)cc1)Cc1ccccc1. The third-order valence-corrected chi connectivity index (χ3v) is 6.99. The molecule has 0 heterocycles. The molecule has 3 aromatic carbocycles. The van der Waals surface area contributed by atoms with Crippen molar-refractivity contribution in [2.45, 2.75) is 31.2 Å². The van der Waals surface area contributed by atoms with Gasteiger partial charge in [-0.25, -0.2) is 8.42 Å². The first-order valence-corrected chi connectivity index (χ1v) is 12.7. The second-order valence-corrected chi connectivity index (χ2v) is 9.45. The van der Waals surface area contributed by atoms with Crippen LogP contribution < -0.4 is 10.0 Å². The maximum atomic E-state index is 12.8. The summed E-state index contributed by atoms with van der Waals surface area (Å²) in [5, 5.41) is 3.04. The van der Waals surface area contributed by atoms with Gasteiger partial charge in [0, 0.05) is 23.8 Å². The van der Waals surface area contributed by atoms with Crippen LogP contribution in [0.15, 0.2) is 89.8 Å². The molecule has 6 nitrogen and oxygen atoms in total. The van der Waals surface area contributed by atoms with Gasteiger partial charge in [0.2, 0.25) is 0 Å². The minimum Gasteiger partial charge on any atom is -0.350 e. The number of hydrogen-bond acceptors (Lipinski definition) is 4. The lowest BCUT2D eigenvalue weighted by molar-refractivity contribution is 0.0934. The van der Waals surface area contributed by atoms with Gasteiger partial charge in [-0.2, -0.15) is 0 Å². The Morgan fingerprint density at radius 2 is 1.42 bits per heavy atom. The molecule has 2 N–H and O–H groups in total. The summed E-state index contributed by atoms with van der Waals surface area (Å²) in [7, 11) is -3.67. The number of benzene rings is 3. The maximum absolute atomic E-state index is 12.8. The third kappa shape index (κ3) is 6.91. The molecule has 7 heteroatoms. The van der Waals surface area contributed by atoms with Crippen molar-refractivity contribution in [1.82, 2.24) is 10.2 Å². The highest BCUT2D eigenvalue weighted by Gasteiger charge is 2.18. The Bertz CT molecular complexity index is 1110. The van der Waals surface area contributed by atoms with E-state index in [1.54, 1.807) is 42.5 Å². The predicted molar refractivity (Wildman–Crippen MR) is 133 cm³/mol. The van der Waals surface area contributed by atoms with E-state index >= 15 is 0 Å². The lowest BCUT2D eigenvalue weighted by Crippen LogP contribution is -2.45. The molecule has 0 aliphatic rings. The number of nitrogens with zero attached hydrogens (tertiary/aromatic N) is 1. The van der Waals surface area contributed by atoms with Crippen LogP contribution in [-0.2, 0) is 16.4 Å². The average Bonchev–Trinajstić information content (AvgIpc) is 2.84. The van der Waals surface area contributed by atoms with Crippen LogP contribution in [0.2, 0.25) is 0 Å². The van der Waals surface area contributed by atoms with Crippen molar-refractivity contribution in [2.24, 2.45) is 0 Å². The summed E-state index contributed by atoms with van der Waals surface area (Å²) in [6.07, 6.45) is 0.850. The molecule has 0 bridgehead atoms. The molecule has 0 saturated heterocycles. The van der Waals surface area contributed by atoms with Gasteiger partial charge in [-0.3, -0.25) is 14.4 Å². The normalized spacial score (nSPS) is 12.3. The minimum atomic E-state index is -3.67. The van der Waals surface area contributed by atoms with Crippen LogP contribution in [0.1, 0.15) is 29.8 Å². The largest absolute Gasteiger partial charge is 0.350 e. The van der Waals surface area contributed by atoms with Gasteiger partial charge in [0.05, 0.1) is 4.90 Å². The molecule has 0 radical (unpaired) electrons. The van der Waals surface area contributed by atoms with E-state index in [0.717, 1.165) is 19.5 Å². The van der Waals surface area contributed by atoms with Gasteiger partial charge < -0.3 is 5.32 Å². The van der Waals surface area contributed by atoms with Crippen molar-refractivity contribution in [3.63, 3.8) is 0 Å². The molecule has 0 aromatic heterocycles. The van der Waals surface area contributed by atoms with Crippen molar-refractivity contribution >= 4 is 21.6 Å². The number of nitrogens with one attached hydrogen (secondary N) is 2. The molecule has 0 fully saturated rings. The average molecular weight is 466 g/mol. The van der Waals surface area contributed by atoms with Crippen molar-refractivity contribution in [3.8, 4) is 0 Å². The fourth-order valence-electron chi connectivity index (χ4n) is 3.77. The molecule has 0 saturated carbocycles. The van der Waals surface area contributed by atoms with Crippen molar-refractivity contribution in [3.05, 3.63) is 96.1 Å². The first-order chi connectivity index (χ1) is 15.9. The molecule has 3 aromatic rings. The Morgan fingerprint density at radius 1 is 0.848 bits per heavy atom. The van der Waals surface area contributed by atoms with E-state index in [0.29, 0.717) is 17.8 Å². The number of anilines is 1. The molecule has 0 aliphatic carbocycles. The van der Waals surface area contributed by atoms with Crippen LogP contribution >= 0.6 is 0 Å². The molecule has 1 unspecified atom stereocenters. The number of carbonyl (C=O) groups excluding carboxylic acids is 1. The highest BCUT2D eigenvalue weighted by Crippen LogP contribution is 2.16. The van der Waals surface area contributed by atoms with E-state index in [4.69, 9.17) is 0 Å². The van der Waals surface area contributed by atoms with E-state index in [1.165, 1.54) is 17.7 Å². The van der Waals surface area contributed by atoms with E-state index in [1.807, 2.05) is 18.2 Å². The van der Waals surface area contributed by atoms with Gasteiger partial charge in [-0.15, -0.1) is 0 Å². The summed E-state index contributed by atoms with van der Waals surface area (Å²) in [5.41, 5.74) is 2.12. The van der Waals surface area contributed by atoms with Crippen LogP contribution in [-0.4, -0.2) is 44.9 Å². The predicted octanol–water partition coefficient (Wildman–Crippen LogP) is 4.17. The highest BCUT2D eigenvalue weighted by atomic mass is 32.2. The Kier molecular flexibility index (Phi) is 8.63. The standard InChI is InChI=1S/C26H31N3O3S/c1-3-29(4-2)24(19-21-11-7-5-8-12-21)20-27-26(30)22-15-17-23(18-16-22)28-33(31,32)25-13-9-6-10-14-25/h5-18,24,28H,3-4,19-20H2,1-2H3,(H,27,30). The summed E-state index contributed by atoms with van der Waals surface area (Å²) < 4.78 is 27.5. The maximum Gasteiger partial charge on any atom is 0.261 e. The first kappa shape index (κ1) is 24.5. The van der Waals surface area contributed by atoms with Crippen LogP contribution in [0.4, 0.5) is 5.69 Å². The molecule has 33 heavy (non-hydrogen) atoms. The number of rotatable bonds is 11. The number of sulfonamides is 1.